The number of nitrogens with two attached hydrogens (primary N) is 1. The van der Waals surface area contributed by atoms with Gasteiger partial charge in [-0.2, -0.15) is 0 Å². The quantitative estimate of drug-likeness (QED) is 0.718. The van der Waals surface area contributed by atoms with Gasteiger partial charge in [0.1, 0.15) is 5.75 Å². The van der Waals surface area contributed by atoms with Gasteiger partial charge in [-0.15, -0.1) is 0 Å². The Morgan fingerprint density at radius 2 is 2.15 bits per heavy atom. The highest BCUT2D eigenvalue weighted by atomic mass is 16.5. The van der Waals surface area contributed by atoms with Crippen LogP contribution in [-0.2, 0) is 0 Å². The Balaban J connectivity index is 2.57. The highest BCUT2D eigenvalue weighted by Gasteiger charge is 2.12. The molecule has 0 saturated carbocycles. The number of amides is 1. The number of anilines is 1. The summed E-state index contributed by atoms with van der Waals surface area (Å²) < 4.78 is 5.08. The van der Waals surface area contributed by atoms with E-state index in [0.717, 1.165) is 12.8 Å². The van der Waals surface area contributed by atoms with Crippen LogP contribution in [0.5, 0.6) is 5.75 Å². The van der Waals surface area contributed by atoms with Crippen LogP contribution in [0.2, 0.25) is 0 Å². The molecule has 3 N–H and O–H groups in total. The first-order valence-corrected chi connectivity index (χ1v) is 7.34. The number of hydrogen-bond donors (Lipinski definition) is 2. The standard InChI is InChI=1S/C16H26N2O2/c1-4-6-7-12(5-2)11-18-16(19)14-9-8-13(20-3)10-15(14)17/h8-10,12H,4-7,11,17H2,1-3H3,(H,18,19). The SMILES string of the molecule is CCCCC(CC)CNC(=O)c1ccc(OC)cc1N. The zero-order valence-electron chi connectivity index (χ0n) is 12.7. The highest BCUT2D eigenvalue weighted by Crippen LogP contribution is 2.19. The van der Waals surface area contributed by atoms with Crippen molar-refractivity contribution in [3.63, 3.8) is 0 Å². The molecule has 0 aromatic heterocycles. The van der Waals surface area contributed by atoms with Crippen LogP contribution in [0.15, 0.2) is 18.2 Å². The largest absolute Gasteiger partial charge is 0.497 e. The molecule has 4 heteroatoms. The molecule has 0 aliphatic rings. The van der Waals surface area contributed by atoms with Crippen LogP contribution in [0.1, 0.15) is 49.9 Å². The number of methoxy groups -OCH3 is 1. The maximum atomic E-state index is 12.1. The van der Waals surface area contributed by atoms with Gasteiger partial charge in [0.2, 0.25) is 0 Å². The lowest BCUT2D eigenvalue weighted by molar-refractivity contribution is 0.0946. The van der Waals surface area contributed by atoms with Gasteiger partial charge in [-0.05, 0) is 24.5 Å². The van der Waals surface area contributed by atoms with Crippen LogP contribution < -0.4 is 15.8 Å². The fraction of sp³-hybridized carbons (Fsp3) is 0.562. The van der Waals surface area contributed by atoms with E-state index in [1.165, 1.54) is 12.8 Å². The molecule has 1 rings (SSSR count). The molecule has 1 unspecified atom stereocenters. The molecule has 0 radical (unpaired) electrons. The van der Waals surface area contributed by atoms with Crippen LogP contribution in [0.4, 0.5) is 5.69 Å². The maximum Gasteiger partial charge on any atom is 0.253 e. The zero-order valence-corrected chi connectivity index (χ0v) is 12.7. The Hall–Kier alpha value is -1.71. The van der Waals surface area contributed by atoms with E-state index in [4.69, 9.17) is 10.5 Å². The molecular formula is C16H26N2O2. The van der Waals surface area contributed by atoms with Crippen molar-refractivity contribution in [3.8, 4) is 5.75 Å². The summed E-state index contributed by atoms with van der Waals surface area (Å²) in [5, 5.41) is 2.98. The third-order valence-electron chi connectivity index (χ3n) is 3.60. The summed E-state index contributed by atoms with van der Waals surface area (Å²) >= 11 is 0. The third-order valence-corrected chi connectivity index (χ3v) is 3.60. The number of carbonyl (C=O) groups is 1. The number of ether oxygens (including phenoxy) is 1. The molecule has 0 spiro atoms. The van der Waals surface area contributed by atoms with Gasteiger partial charge >= 0.3 is 0 Å². The van der Waals surface area contributed by atoms with Gasteiger partial charge < -0.3 is 15.8 Å². The molecule has 1 amide bonds. The van der Waals surface area contributed by atoms with Crippen molar-refractivity contribution in [1.29, 1.82) is 0 Å². The molecule has 1 atom stereocenters. The Bertz CT molecular complexity index is 432. The predicted octanol–water partition coefficient (Wildman–Crippen LogP) is 3.22. The second kappa shape index (κ2) is 8.46. The Kier molecular flexibility index (Phi) is 6.91. The van der Waals surface area contributed by atoms with Crippen LogP contribution >= 0.6 is 0 Å². The monoisotopic (exact) mass is 278 g/mol. The van der Waals surface area contributed by atoms with E-state index in [1.54, 1.807) is 25.3 Å². The average Bonchev–Trinajstić information content (AvgIpc) is 2.47. The van der Waals surface area contributed by atoms with Crippen molar-refractivity contribution < 1.29 is 9.53 Å². The van der Waals surface area contributed by atoms with Gasteiger partial charge in [-0.1, -0.05) is 33.1 Å². The Labute approximate surface area is 121 Å². The van der Waals surface area contributed by atoms with E-state index in [9.17, 15) is 4.79 Å². The first kappa shape index (κ1) is 16.3. The normalized spacial score (nSPS) is 11.9. The first-order valence-electron chi connectivity index (χ1n) is 7.34. The minimum Gasteiger partial charge on any atom is -0.497 e. The van der Waals surface area contributed by atoms with E-state index in [2.05, 4.69) is 19.2 Å². The summed E-state index contributed by atoms with van der Waals surface area (Å²) in [7, 11) is 1.58. The predicted molar refractivity (Wildman–Crippen MR) is 83.0 cm³/mol. The molecule has 4 nitrogen and oxygen atoms in total. The van der Waals surface area contributed by atoms with Crippen LogP contribution in [0, 0.1) is 5.92 Å². The summed E-state index contributed by atoms with van der Waals surface area (Å²) in [5.74, 6) is 1.09. The van der Waals surface area contributed by atoms with Crippen LogP contribution in [-0.4, -0.2) is 19.6 Å². The summed E-state index contributed by atoms with van der Waals surface area (Å²) in [6, 6.07) is 5.12. The Morgan fingerprint density at radius 1 is 1.40 bits per heavy atom. The van der Waals surface area contributed by atoms with Gasteiger partial charge in [0, 0.05) is 18.3 Å². The second-order valence-corrected chi connectivity index (χ2v) is 5.08. The Morgan fingerprint density at radius 3 is 2.70 bits per heavy atom. The maximum absolute atomic E-state index is 12.1. The zero-order chi connectivity index (χ0) is 15.0. The number of carbonyl (C=O) groups excluding carboxylic acids is 1. The average molecular weight is 278 g/mol. The van der Waals surface area contributed by atoms with E-state index in [1.807, 2.05) is 0 Å². The summed E-state index contributed by atoms with van der Waals surface area (Å²) in [5.41, 5.74) is 6.83. The van der Waals surface area contributed by atoms with E-state index < -0.39 is 0 Å². The molecule has 0 fully saturated rings. The van der Waals surface area contributed by atoms with E-state index in [-0.39, 0.29) is 5.91 Å². The fourth-order valence-electron chi connectivity index (χ4n) is 2.15. The number of rotatable bonds is 8. The second-order valence-electron chi connectivity index (χ2n) is 5.08. The van der Waals surface area contributed by atoms with Crippen LogP contribution in [0.3, 0.4) is 0 Å². The molecular weight excluding hydrogens is 252 g/mol. The summed E-state index contributed by atoms with van der Waals surface area (Å²) in [6.07, 6.45) is 4.64. The summed E-state index contributed by atoms with van der Waals surface area (Å²) in [6.45, 7) is 5.05. The van der Waals surface area contributed by atoms with Crippen molar-refractivity contribution >= 4 is 11.6 Å². The highest BCUT2D eigenvalue weighted by molar-refractivity contribution is 5.99. The van der Waals surface area contributed by atoms with Gasteiger partial charge in [-0.25, -0.2) is 0 Å². The number of nitrogen functional groups attached to an aromatic ring is 1. The first-order chi connectivity index (χ1) is 9.62. The van der Waals surface area contributed by atoms with Gasteiger partial charge in [0.25, 0.3) is 5.91 Å². The van der Waals surface area contributed by atoms with Crippen molar-refractivity contribution in [2.75, 3.05) is 19.4 Å². The van der Waals surface area contributed by atoms with Crippen molar-refractivity contribution in [2.45, 2.75) is 39.5 Å². The van der Waals surface area contributed by atoms with Crippen molar-refractivity contribution in [2.24, 2.45) is 5.92 Å². The number of nitrogens with one attached hydrogen (secondary N) is 1. The molecule has 0 aliphatic heterocycles. The van der Waals surface area contributed by atoms with Gasteiger partial charge in [-0.3, -0.25) is 4.79 Å². The minimum atomic E-state index is -0.111. The molecule has 1 aromatic rings. The van der Waals surface area contributed by atoms with E-state index >= 15 is 0 Å². The van der Waals surface area contributed by atoms with Crippen molar-refractivity contribution in [1.82, 2.24) is 5.32 Å². The number of benzene rings is 1. The lowest BCUT2D eigenvalue weighted by atomic mass is 9.99. The molecule has 0 heterocycles. The third kappa shape index (κ3) is 4.76. The number of unbranched alkanes of at least 4 members (excludes halogenated alkanes) is 1. The molecule has 0 saturated heterocycles. The summed E-state index contributed by atoms with van der Waals surface area (Å²) in [4.78, 5) is 12.1. The van der Waals surface area contributed by atoms with E-state index in [0.29, 0.717) is 29.5 Å². The lowest BCUT2D eigenvalue weighted by Crippen LogP contribution is -2.29. The molecule has 20 heavy (non-hydrogen) atoms. The minimum absolute atomic E-state index is 0.111. The lowest BCUT2D eigenvalue weighted by Gasteiger charge is -2.16. The fourth-order valence-corrected chi connectivity index (χ4v) is 2.15. The van der Waals surface area contributed by atoms with Crippen molar-refractivity contribution in [3.05, 3.63) is 23.8 Å². The molecule has 112 valence electrons. The number of hydrogen-bond acceptors (Lipinski definition) is 3. The topological polar surface area (TPSA) is 64.3 Å². The van der Waals surface area contributed by atoms with Gasteiger partial charge in [0.05, 0.1) is 12.7 Å². The smallest absolute Gasteiger partial charge is 0.253 e. The molecule has 0 aliphatic carbocycles. The molecule has 1 aromatic carbocycles. The van der Waals surface area contributed by atoms with Gasteiger partial charge in [0.15, 0.2) is 0 Å². The van der Waals surface area contributed by atoms with Crippen LogP contribution in [0.25, 0.3) is 0 Å². The molecule has 0 bridgehead atoms.